The van der Waals surface area contributed by atoms with Crippen LogP contribution in [0.15, 0.2) is 71.6 Å². The zero-order valence-electron chi connectivity index (χ0n) is 15.2. The molecule has 0 fully saturated rings. The normalized spacial score (nSPS) is 11.4. The third kappa shape index (κ3) is 5.12. The molecule has 140 valence electrons. The van der Waals surface area contributed by atoms with E-state index < -0.39 is 18.0 Å². The summed E-state index contributed by atoms with van der Waals surface area (Å²) < 4.78 is 5.21. The number of thioether (sulfide) groups is 1. The van der Waals surface area contributed by atoms with Crippen molar-refractivity contribution < 1.29 is 14.3 Å². The lowest BCUT2D eigenvalue weighted by molar-refractivity contribution is -0.150. The second-order valence-corrected chi connectivity index (χ2v) is 7.16. The Bertz CT molecular complexity index is 1040. The Balaban J connectivity index is 1.50. The Morgan fingerprint density at radius 3 is 2.50 bits per heavy atom. The number of carbonyl (C=O) groups excluding carboxylic acids is 2. The number of nitrogens with zero attached hydrogens (tertiary/aromatic N) is 1. The van der Waals surface area contributed by atoms with E-state index in [1.54, 1.807) is 24.3 Å². The highest BCUT2D eigenvalue weighted by Gasteiger charge is 2.18. The van der Waals surface area contributed by atoms with E-state index >= 15 is 0 Å². The molecule has 0 spiro atoms. The van der Waals surface area contributed by atoms with Crippen LogP contribution in [0.4, 0.5) is 5.69 Å². The summed E-state index contributed by atoms with van der Waals surface area (Å²) in [5.41, 5.74) is 1.04. The smallest absolute Gasteiger partial charge is 0.317 e. The minimum absolute atomic E-state index is 0.118. The summed E-state index contributed by atoms with van der Waals surface area (Å²) in [6.07, 6.45) is -0.916. The lowest BCUT2D eigenvalue weighted by atomic mass is 10.1. The number of carbonyl (C=O) groups is 2. The number of nitrogens with one attached hydrogen (secondary N) is 1. The molecule has 0 radical (unpaired) electrons. The summed E-state index contributed by atoms with van der Waals surface area (Å²) >= 11 is 1.37. The lowest BCUT2D eigenvalue weighted by Crippen LogP contribution is -2.30. The summed E-state index contributed by atoms with van der Waals surface area (Å²) in [6.45, 7) is 1.53. The van der Waals surface area contributed by atoms with E-state index in [4.69, 9.17) is 10.00 Å². The van der Waals surface area contributed by atoms with Crippen molar-refractivity contribution in [1.29, 1.82) is 5.26 Å². The number of hydrogen-bond donors (Lipinski definition) is 1. The maximum Gasteiger partial charge on any atom is 0.317 e. The van der Waals surface area contributed by atoms with Crippen molar-refractivity contribution in [3.63, 3.8) is 0 Å². The molecule has 6 heteroatoms. The van der Waals surface area contributed by atoms with Gasteiger partial charge in [0.1, 0.15) is 0 Å². The minimum atomic E-state index is -0.916. The van der Waals surface area contributed by atoms with Crippen molar-refractivity contribution in [2.24, 2.45) is 0 Å². The van der Waals surface area contributed by atoms with Crippen LogP contribution in [0.2, 0.25) is 0 Å². The van der Waals surface area contributed by atoms with E-state index in [2.05, 4.69) is 5.32 Å². The summed E-state index contributed by atoms with van der Waals surface area (Å²) in [6, 6.07) is 22.5. The average Bonchev–Trinajstić information content (AvgIpc) is 2.72. The number of anilines is 1. The minimum Gasteiger partial charge on any atom is -0.452 e. The van der Waals surface area contributed by atoms with Gasteiger partial charge >= 0.3 is 5.97 Å². The molecule has 1 atom stereocenters. The summed E-state index contributed by atoms with van der Waals surface area (Å²) in [4.78, 5) is 25.2. The third-order valence-corrected chi connectivity index (χ3v) is 5.00. The average molecular weight is 390 g/mol. The van der Waals surface area contributed by atoms with Crippen LogP contribution >= 0.6 is 11.8 Å². The molecule has 1 N–H and O–H groups in total. The van der Waals surface area contributed by atoms with E-state index in [0.29, 0.717) is 11.3 Å². The molecule has 1 amide bonds. The van der Waals surface area contributed by atoms with Gasteiger partial charge in [0.25, 0.3) is 5.91 Å². The second kappa shape index (κ2) is 9.07. The molecule has 0 saturated carbocycles. The van der Waals surface area contributed by atoms with Crippen LogP contribution in [0.25, 0.3) is 10.8 Å². The molecule has 3 aromatic carbocycles. The monoisotopic (exact) mass is 390 g/mol. The van der Waals surface area contributed by atoms with Gasteiger partial charge in [0.15, 0.2) is 6.10 Å². The Kier molecular flexibility index (Phi) is 6.30. The molecule has 0 aliphatic heterocycles. The van der Waals surface area contributed by atoms with Crippen molar-refractivity contribution in [3.8, 4) is 6.07 Å². The molecule has 5 nitrogen and oxygen atoms in total. The van der Waals surface area contributed by atoms with E-state index in [1.807, 2.05) is 48.5 Å². The zero-order chi connectivity index (χ0) is 19.9. The third-order valence-electron chi connectivity index (χ3n) is 4.04. The first kappa shape index (κ1) is 19.5. The summed E-state index contributed by atoms with van der Waals surface area (Å²) in [5.74, 6) is -0.762. The fourth-order valence-corrected chi connectivity index (χ4v) is 3.28. The van der Waals surface area contributed by atoms with Gasteiger partial charge in [-0.05, 0) is 54.1 Å². The van der Waals surface area contributed by atoms with Gasteiger partial charge < -0.3 is 10.1 Å². The van der Waals surface area contributed by atoms with Crippen LogP contribution in [0.3, 0.4) is 0 Å². The van der Waals surface area contributed by atoms with Crippen molar-refractivity contribution in [3.05, 3.63) is 72.3 Å². The number of benzene rings is 3. The van der Waals surface area contributed by atoms with Crippen molar-refractivity contribution in [2.45, 2.75) is 17.9 Å². The van der Waals surface area contributed by atoms with Crippen LogP contribution in [-0.2, 0) is 14.3 Å². The first-order valence-corrected chi connectivity index (χ1v) is 9.66. The number of hydrogen-bond acceptors (Lipinski definition) is 5. The van der Waals surface area contributed by atoms with Gasteiger partial charge in [-0.1, -0.05) is 30.3 Å². The van der Waals surface area contributed by atoms with E-state index in [9.17, 15) is 9.59 Å². The Hall–Kier alpha value is -3.30. The number of fused-ring (bicyclic) bond motifs is 1. The molecule has 0 saturated heterocycles. The second-order valence-electron chi connectivity index (χ2n) is 6.11. The molecule has 0 aliphatic rings. The quantitative estimate of drug-likeness (QED) is 0.499. The largest absolute Gasteiger partial charge is 0.452 e. The van der Waals surface area contributed by atoms with E-state index in [1.165, 1.54) is 18.7 Å². The molecular weight excluding hydrogens is 372 g/mol. The highest BCUT2D eigenvalue weighted by molar-refractivity contribution is 8.00. The van der Waals surface area contributed by atoms with Gasteiger partial charge in [-0.25, -0.2) is 0 Å². The van der Waals surface area contributed by atoms with Gasteiger partial charge in [0.05, 0.1) is 17.4 Å². The predicted molar refractivity (Wildman–Crippen MR) is 110 cm³/mol. The van der Waals surface area contributed by atoms with Crippen LogP contribution in [0, 0.1) is 11.3 Å². The Morgan fingerprint density at radius 1 is 1.07 bits per heavy atom. The molecule has 3 rings (SSSR count). The zero-order valence-corrected chi connectivity index (χ0v) is 16.0. The van der Waals surface area contributed by atoms with Crippen LogP contribution in [-0.4, -0.2) is 23.7 Å². The Morgan fingerprint density at radius 2 is 1.79 bits per heavy atom. The van der Waals surface area contributed by atoms with Crippen LogP contribution in [0.5, 0.6) is 0 Å². The molecular formula is C22H18N2O3S. The van der Waals surface area contributed by atoms with E-state index in [-0.39, 0.29) is 5.75 Å². The highest BCUT2D eigenvalue weighted by Crippen LogP contribution is 2.23. The van der Waals surface area contributed by atoms with Gasteiger partial charge in [-0.3, -0.25) is 9.59 Å². The molecule has 0 bridgehead atoms. The molecule has 3 aromatic rings. The standard InChI is InChI=1S/C22H18N2O3S/c1-15(22(26)24-19-9-6-16(13-23)7-10-19)27-21(25)14-28-20-11-8-17-4-2-3-5-18(17)12-20/h2-12,15H,14H2,1H3,(H,24,26)/t15-/m0/s1. The number of ether oxygens (including phenoxy) is 1. The van der Waals surface area contributed by atoms with Gasteiger partial charge in [0.2, 0.25) is 0 Å². The van der Waals surface area contributed by atoms with Crippen molar-refractivity contribution in [2.75, 3.05) is 11.1 Å². The number of amides is 1. The predicted octanol–water partition coefficient (Wildman–Crippen LogP) is 4.37. The maximum atomic E-state index is 12.2. The number of rotatable bonds is 6. The van der Waals surface area contributed by atoms with Crippen LogP contribution < -0.4 is 5.32 Å². The Labute approximate surface area is 167 Å². The fraction of sp³-hybridized carbons (Fsp3) is 0.136. The number of nitriles is 1. The van der Waals surface area contributed by atoms with Gasteiger partial charge in [-0.15, -0.1) is 11.8 Å². The molecule has 0 aromatic heterocycles. The topological polar surface area (TPSA) is 79.2 Å². The van der Waals surface area contributed by atoms with Crippen molar-refractivity contribution in [1.82, 2.24) is 0 Å². The molecule has 0 unspecified atom stereocenters. The summed E-state index contributed by atoms with van der Waals surface area (Å²) in [7, 11) is 0. The molecule has 0 heterocycles. The summed E-state index contributed by atoms with van der Waals surface area (Å²) in [5, 5.41) is 13.7. The number of esters is 1. The SMILES string of the molecule is C[C@H](OC(=O)CSc1ccc2ccccc2c1)C(=O)Nc1ccc(C#N)cc1. The first-order chi connectivity index (χ1) is 13.5. The highest BCUT2D eigenvalue weighted by atomic mass is 32.2. The first-order valence-electron chi connectivity index (χ1n) is 8.67. The van der Waals surface area contributed by atoms with Crippen LogP contribution in [0.1, 0.15) is 12.5 Å². The van der Waals surface area contributed by atoms with Gasteiger partial charge in [0, 0.05) is 10.6 Å². The van der Waals surface area contributed by atoms with Gasteiger partial charge in [-0.2, -0.15) is 5.26 Å². The molecule has 28 heavy (non-hydrogen) atoms. The van der Waals surface area contributed by atoms with E-state index in [0.717, 1.165) is 15.7 Å². The van der Waals surface area contributed by atoms with Crippen molar-refractivity contribution >= 4 is 40.1 Å². The maximum absolute atomic E-state index is 12.2. The molecule has 0 aliphatic carbocycles. The fourth-order valence-electron chi connectivity index (χ4n) is 2.56. The lowest BCUT2D eigenvalue weighted by Gasteiger charge is -2.13.